The molecule has 0 aliphatic rings. The minimum absolute atomic E-state index is 0.178. The summed E-state index contributed by atoms with van der Waals surface area (Å²) < 4.78 is 17.3. The molecule has 174 valence electrons. The zero-order valence-corrected chi connectivity index (χ0v) is 19.6. The molecule has 4 rings (SSSR count). The van der Waals surface area contributed by atoms with E-state index in [2.05, 4.69) is 10.3 Å². The van der Waals surface area contributed by atoms with E-state index in [1.165, 1.54) is 0 Å². The number of carbonyl (C=O) groups excluding carboxylic acids is 1. The van der Waals surface area contributed by atoms with Crippen LogP contribution in [0, 0.1) is 0 Å². The maximum absolute atomic E-state index is 12.6. The second-order valence-corrected chi connectivity index (χ2v) is 7.79. The zero-order valence-electron chi connectivity index (χ0n) is 19.6. The van der Waals surface area contributed by atoms with Crippen molar-refractivity contribution in [2.24, 2.45) is 0 Å². The smallest absolute Gasteiger partial charge is 0.244 e. The minimum atomic E-state index is -0.178. The van der Waals surface area contributed by atoms with Gasteiger partial charge in [-0.2, -0.15) is 0 Å². The number of nitrogens with zero attached hydrogens (tertiary/aromatic N) is 1. The summed E-state index contributed by atoms with van der Waals surface area (Å²) in [5.74, 6) is 1.33. The topological polar surface area (TPSA) is 73.6 Å². The molecular formula is C28H28N2O4. The summed E-state index contributed by atoms with van der Waals surface area (Å²) in [5, 5.41) is 3.86. The van der Waals surface area contributed by atoms with E-state index in [1.807, 2.05) is 69.3 Å². The Morgan fingerprint density at radius 1 is 1.09 bits per heavy atom. The van der Waals surface area contributed by atoms with E-state index in [1.54, 1.807) is 24.7 Å². The number of nitrogens with one attached hydrogen (secondary N) is 1. The highest BCUT2D eigenvalue weighted by Crippen LogP contribution is 2.38. The van der Waals surface area contributed by atoms with Crippen molar-refractivity contribution in [1.29, 1.82) is 0 Å². The number of rotatable bonds is 9. The lowest BCUT2D eigenvalue weighted by molar-refractivity contribution is -0.116. The van der Waals surface area contributed by atoms with Crippen LogP contribution in [-0.2, 0) is 11.3 Å². The van der Waals surface area contributed by atoms with Crippen molar-refractivity contribution in [3.63, 3.8) is 0 Å². The number of carbonyl (C=O) groups is 1. The van der Waals surface area contributed by atoms with Gasteiger partial charge >= 0.3 is 0 Å². The van der Waals surface area contributed by atoms with Crippen LogP contribution in [0.3, 0.4) is 0 Å². The number of hydrogen-bond acceptors (Lipinski definition) is 5. The Morgan fingerprint density at radius 2 is 1.88 bits per heavy atom. The van der Waals surface area contributed by atoms with Gasteiger partial charge in [0, 0.05) is 47.6 Å². The van der Waals surface area contributed by atoms with E-state index in [0.29, 0.717) is 25.5 Å². The molecule has 1 N–H and O–H groups in total. The van der Waals surface area contributed by atoms with Crippen molar-refractivity contribution in [2.75, 3.05) is 13.2 Å². The number of amides is 1. The number of benzene rings is 2. The van der Waals surface area contributed by atoms with Gasteiger partial charge in [-0.3, -0.25) is 9.78 Å². The van der Waals surface area contributed by atoms with Gasteiger partial charge in [-0.05, 0) is 61.7 Å². The number of ether oxygens (including phenoxy) is 2. The van der Waals surface area contributed by atoms with E-state index in [-0.39, 0.29) is 5.91 Å². The second-order valence-electron chi connectivity index (χ2n) is 7.79. The standard InChI is InChI=1S/C28H28N2O4/c1-4-32-22-10-8-21(9-11-22)25-18-34-27-15-26(33-5-2)23(14-24(25)27)19(3)13-28(31)30-17-20-7-6-12-29-16-20/h6-16,18H,4-5,17H2,1-3H3,(H,30,31)/b19-13+. The molecule has 6 heteroatoms. The third-order valence-corrected chi connectivity index (χ3v) is 5.41. The van der Waals surface area contributed by atoms with E-state index in [4.69, 9.17) is 13.9 Å². The SMILES string of the molecule is CCOc1ccc(-c2coc3cc(OCC)c(/C(C)=C/C(=O)NCc4cccnc4)cc23)cc1. The number of aromatic nitrogens is 1. The van der Waals surface area contributed by atoms with E-state index < -0.39 is 0 Å². The fraction of sp³-hybridized carbons (Fsp3) is 0.214. The molecule has 34 heavy (non-hydrogen) atoms. The summed E-state index contributed by atoms with van der Waals surface area (Å²) in [6, 6.07) is 15.6. The van der Waals surface area contributed by atoms with Gasteiger partial charge in [0.2, 0.25) is 5.91 Å². The van der Waals surface area contributed by atoms with Crippen molar-refractivity contribution in [1.82, 2.24) is 10.3 Å². The first-order valence-corrected chi connectivity index (χ1v) is 11.4. The number of furan rings is 1. The van der Waals surface area contributed by atoms with Gasteiger partial charge in [0.05, 0.1) is 19.5 Å². The molecule has 2 aromatic carbocycles. The van der Waals surface area contributed by atoms with Gasteiger partial charge in [0.1, 0.15) is 17.1 Å². The second kappa shape index (κ2) is 10.7. The number of fused-ring (bicyclic) bond motifs is 1. The van der Waals surface area contributed by atoms with Crippen LogP contribution < -0.4 is 14.8 Å². The molecular weight excluding hydrogens is 428 g/mol. The molecule has 0 unspecified atom stereocenters. The lowest BCUT2D eigenvalue weighted by Gasteiger charge is -2.12. The molecule has 0 atom stereocenters. The molecule has 6 nitrogen and oxygen atoms in total. The molecule has 0 bridgehead atoms. The molecule has 0 aliphatic carbocycles. The zero-order chi connectivity index (χ0) is 23.9. The van der Waals surface area contributed by atoms with E-state index in [0.717, 1.165) is 44.5 Å². The molecule has 0 saturated heterocycles. The van der Waals surface area contributed by atoms with Crippen molar-refractivity contribution in [2.45, 2.75) is 27.3 Å². The van der Waals surface area contributed by atoms with Gasteiger partial charge < -0.3 is 19.2 Å². The number of hydrogen-bond donors (Lipinski definition) is 1. The van der Waals surface area contributed by atoms with Crippen LogP contribution in [0.1, 0.15) is 31.9 Å². The van der Waals surface area contributed by atoms with E-state index >= 15 is 0 Å². The monoisotopic (exact) mass is 456 g/mol. The van der Waals surface area contributed by atoms with Crippen LogP contribution in [0.15, 0.2) is 77.7 Å². The third-order valence-electron chi connectivity index (χ3n) is 5.41. The highest BCUT2D eigenvalue weighted by molar-refractivity contribution is 6.00. The Labute approximate surface area is 199 Å². The fourth-order valence-electron chi connectivity index (χ4n) is 3.78. The van der Waals surface area contributed by atoms with Gasteiger partial charge in [-0.15, -0.1) is 0 Å². The number of allylic oxidation sites excluding steroid dienone is 1. The largest absolute Gasteiger partial charge is 0.494 e. The predicted molar refractivity (Wildman–Crippen MR) is 134 cm³/mol. The van der Waals surface area contributed by atoms with Crippen LogP contribution in [0.25, 0.3) is 27.7 Å². The van der Waals surface area contributed by atoms with Gasteiger partial charge in [-0.25, -0.2) is 0 Å². The molecule has 1 amide bonds. The van der Waals surface area contributed by atoms with Crippen molar-refractivity contribution < 1.29 is 18.7 Å². The Bertz CT molecular complexity index is 1290. The quantitative estimate of drug-likeness (QED) is 0.312. The first kappa shape index (κ1) is 23.1. The molecule has 2 aromatic heterocycles. The Balaban J connectivity index is 1.64. The Kier molecular flexibility index (Phi) is 7.28. The summed E-state index contributed by atoms with van der Waals surface area (Å²) in [6.07, 6.45) is 6.79. The van der Waals surface area contributed by atoms with Gasteiger partial charge in [0.25, 0.3) is 0 Å². The molecule has 4 aromatic rings. The first-order chi connectivity index (χ1) is 16.6. The first-order valence-electron chi connectivity index (χ1n) is 11.4. The summed E-state index contributed by atoms with van der Waals surface area (Å²) >= 11 is 0. The van der Waals surface area contributed by atoms with Crippen molar-refractivity contribution >= 4 is 22.4 Å². The third kappa shape index (κ3) is 5.29. The van der Waals surface area contributed by atoms with Crippen LogP contribution in [0.4, 0.5) is 0 Å². The Morgan fingerprint density at radius 3 is 2.59 bits per heavy atom. The highest BCUT2D eigenvalue weighted by atomic mass is 16.5. The molecule has 2 heterocycles. The fourth-order valence-corrected chi connectivity index (χ4v) is 3.78. The Hall–Kier alpha value is -4.06. The highest BCUT2D eigenvalue weighted by Gasteiger charge is 2.15. The lowest BCUT2D eigenvalue weighted by Crippen LogP contribution is -2.20. The maximum atomic E-state index is 12.6. The van der Waals surface area contributed by atoms with Crippen molar-refractivity contribution in [3.05, 3.63) is 84.4 Å². The van der Waals surface area contributed by atoms with Crippen LogP contribution in [0.2, 0.25) is 0 Å². The summed E-state index contributed by atoms with van der Waals surface area (Å²) in [5.41, 5.74) is 5.30. The average molecular weight is 457 g/mol. The summed E-state index contributed by atoms with van der Waals surface area (Å²) in [7, 11) is 0. The van der Waals surface area contributed by atoms with Crippen LogP contribution in [0.5, 0.6) is 11.5 Å². The normalized spacial score (nSPS) is 11.4. The average Bonchev–Trinajstić information content (AvgIpc) is 3.26. The van der Waals surface area contributed by atoms with Crippen LogP contribution in [-0.4, -0.2) is 24.1 Å². The molecule has 0 radical (unpaired) electrons. The summed E-state index contributed by atoms with van der Waals surface area (Å²) in [6.45, 7) is 7.34. The van der Waals surface area contributed by atoms with Gasteiger partial charge in [0.15, 0.2) is 0 Å². The van der Waals surface area contributed by atoms with E-state index in [9.17, 15) is 4.79 Å². The lowest BCUT2D eigenvalue weighted by atomic mass is 9.99. The van der Waals surface area contributed by atoms with Crippen LogP contribution >= 0.6 is 0 Å². The summed E-state index contributed by atoms with van der Waals surface area (Å²) in [4.78, 5) is 16.7. The minimum Gasteiger partial charge on any atom is -0.494 e. The molecule has 0 aliphatic heterocycles. The number of pyridine rings is 1. The van der Waals surface area contributed by atoms with Crippen molar-refractivity contribution in [3.8, 4) is 22.6 Å². The molecule has 0 fully saturated rings. The van der Waals surface area contributed by atoms with Gasteiger partial charge in [-0.1, -0.05) is 18.2 Å². The predicted octanol–water partition coefficient (Wildman–Crippen LogP) is 6.01. The maximum Gasteiger partial charge on any atom is 0.244 e. The molecule has 0 saturated carbocycles. The molecule has 0 spiro atoms.